The molecular formula is C29H33Br2N3O4S. The zero-order valence-corrected chi connectivity index (χ0v) is 26.2. The van der Waals surface area contributed by atoms with Crippen LogP contribution in [0.15, 0.2) is 81.7 Å². The number of amides is 2. The standard InChI is InChI=1S/C29H33Br2N3O4S/c1-4-16-32-29(36)27(18-22-8-6-5-7-9-22)33(19-23-10-12-24(30)13-11-23)28(35)20-34(39(3,37)38)25-14-15-26(31)21(2)17-25/h5-15,17,27H,4,16,18-20H2,1-3H3,(H,32,36)/t27-/m1/s1. The van der Waals surface area contributed by atoms with Crippen molar-refractivity contribution in [2.24, 2.45) is 0 Å². The number of rotatable bonds is 12. The lowest BCUT2D eigenvalue weighted by molar-refractivity contribution is -0.140. The highest BCUT2D eigenvalue weighted by Crippen LogP contribution is 2.25. The highest BCUT2D eigenvalue weighted by molar-refractivity contribution is 9.10. The molecule has 1 atom stereocenters. The fourth-order valence-electron chi connectivity index (χ4n) is 4.10. The molecule has 2 amide bonds. The third kappa shape index (κ3) is 8.91. The molecular weight excluding hydrogens is 646 g/mol. The van der Waals surface area contributed by atoms with Crippen molar-refractivity contribution < 1.29 is 18.0 Å². The molecule has 0 aliphatic heterocycles. The van der Waals surface area contributed by atoms with Gasteiger partial charge in [0.2, 0.25) is 21.8 Å². The Balaban J connectivity index is 2.04. The van der Waals surface area contributed by atoms with Crippen molar-refractivity contribution in [2.75, 3.05) is 23.7 Å². The number of halogens is 2. The summed E-state index contributed by atoms with van der Waals surface area (Å²) >= 11 is 6.88. The number of anilines is 1. The Morgan fingerprint density at radius 2 is 1.62 bits per heavy atom. The van der Waals surface area contributed by atoms with E-state index in [-0.39, 0.29) is 18.9 Å². The summed E-state index contributed by atoms with van der Waals surface area (Å²) in [5.74, 6) is -0.756. The molecule has 0 aromatic heterocycles. The van der Waals surface area contributed by atoms with Crippen molar-refractivity contribution in [2.45, 2.75) is 39.3 Å². The second-order valence-electron chi connectivity index (χ2n) is 9.35. The van der Waals surface area contributed by atoms with E-state index in [2.05, 4.69) is 37.2 Å². The van der Waals surface area contributed by atoms with E-state index in [0.29, 0.717) is 12.2 Å². The summed E-state index contributed by atoms with van der Waals surface area (Å²) in [7, 11) is -3.81. The highest BCUT2D eigenvalue weighted by Gasteiger charge is 2.33. The second kappa shape index (κ2) is 14.1. The van der Waals surface area contributed by atoms with Gasteiger partial charge in [0.1, 0.15) is 12.6 Å². The van der Waals surface area contributed by atoms with Crippen molar-refractivity contribution in [1.82, 2.24) is 10.2 Å². The topological polar surface area (TPSA) is 86.8 Å². The Hall–Kier alpha value is -2.69. The maximum absolute atomic E-state index is 14.0. The van der Waals surface area contributed by atoms with Gasteiger partial charge in [-0.2, -0.15) is 0 Å². The Labute approximate surface area is 247 Å². The van der Waals surface area contributed by atoms with Crippen LogP contribution in [-0.2, 0) is 32.6 Å². The summed E-state index contributed by atoms with van der Waals surface area (Å²) in [6.07, 6.45) is 2.11. The molecule has 0 fully saturated rings. The molecule has 3 aromatic rings. The maximum atomic E-state index is 14.0. The van der Waals surface area contributed by atoms with Gasteiger partial charge in [0.25, 0.3) is 0 Å². The first kappa shape index (κ1) is 30.8. The smallest absolute Gasteiger partial charge is 0.244 e. The van der Waals surface area contributed by atoms with Gasteiger partial charge in [0.15, 0.2) is 0 Å². The summed E-state index contributed by atoms with van der Waals surface area (Å²) in [5, 5.41) is 2.93. The fourth-order valence-corrected chi connectivity index (χ4v) is 5.46. The Bertz CT molecular complexity index is 1380. The number of carbonyl (C=O) groups is 2. The predicted octanol–water partition coefficient (Wildman–Crippen LogP) is 5.45. The average molecular weight is 679 g/mol. The minimum absolute atomic E-state index is 0.139. The molecule has 39 heavy (non-hydrogen) atoms. The van der Waals surface area contributed by atoms with Crippen LogP contribution in [0.3, 0.4) is 0 Å². The van der Waals surface area contributed by atoms with E-state index in [1.165, 1.54) is 4.90 Å². The molecule has 7 nitrogen and oxygen atoms in total. The van der Waals surface area contributed by atoms with E-state index in [4.69, 9.17) is 0 Å². The average Bonchev–Trinajstić information content (AvgIpc) is 2.90. The minimum atomic E-state index is -3.81. The SMILES string of the molecule is CCCNC(=O)[C@@H](Cc1ccccc1)N(Cc1ccc(Br)cc1)C(=O)CN(c1ccc(Br)c(C)c1)S(C)(=O)=O. The van der Waals surface area contributed by atoms with Gasteiger partial charge in [0, 0.05) is 28.5 Å². The van der Waals surface area contributed by atoms with E-state index in [1.54, 1.807) is 18.2 Å². The summed E-state index contributed by atoms with van der Waals surface area (Å²) in [5.41, 5.74) is 2.93. The fraction of sp³-hybridized carbons (Fsp3) is 0.310. The molecule has 3 aromatic carbocycles. The lowest BCUT2D eigenvalue weighted by Crippen LogP contribution is -2.53. The summed E-state index contributed by atoms with van der Waals surface area (Å²) in [6, 6.07) is 21.3. The Kier molecular flexibility index (Phi) is 11.1. The van der Waals surface area contributed by atoms with Crippen LogP contribution in [-0.4, -0.2) is 50.5 Å². The Morgan fingerprint density at radius 3 is 2.21 bits per heavy atom. The number of hydrogen-bond donors (Lipinski definition) is 1. The van der Waals surface area contributed by atoms with Crippen LogP contribution in [0.2, 0.25) is 0 Å². The lowest BCUT2D eigenvalue weighted by Gasteiger charge is -2.33. The molecule has 0 bridgehead atoms. The van der Waals surface area contributed by atoms with Crippen LogP contribution < -0.4 is 9.62 Å². The van der Waals surface area contributed by atoms with Gasteiger partial charge in [-0.3, -0.25) is 13.9 Å². The molecule has 208 valence electrons. The van der Waals surface area contributed by atoms with E-state index in [0.717, 1.165) is 42.6 Å². The summed E-state index contributed by atoms with van der Waals surface area (Å²) in [6.45, 7) is 3.98. The van der Waals surface area contributed by atoms with E-state index in [9.17, 15) is 18.0 Å². The van der Waals surface area contributed by atoms with Crippen LogP contribution in [0.5, 0.6) is 0 Å². The zero-order valence-electron chi connectivity index (χ0n) is 22.2. The van der Waals surface area contributed by atoms with Gasteiger partial charge < -0.3 is 10.2 Å². The largest absolute Gasteiger partial charge is 0.354 e. The van der Waals surface area contributed by atoms with Crippen molar-refractivity contribution in [1.29, 1.82) is 0 Å². The van der Waals surface area contributed by atoms with Gasteiger partial charge in [-0.1, -0.05) is 81.2 Å². The maximum Gasteiger partial charge on any atom is 0.244 e. The number of sulfonamides is 1. The van der Waals surface area contributed by atoms with E-state index >= 15 is 0 Å². The number of aryl methyl sites for hydroxylation is 1. The van der Waals surface area contributed by atoms with Crippen LogP contribution in [0.1, 0.15) is 30.0 Å². The normalized spacial score (nSPS) is 12.0. The first-order valence-electron chi connectivity index (χ1n) is 12.6. The number of nitrogens with zero attached hydrogens (tertiary/aromatic N) is 2. The predicted molar refractivity (Wildman–Crippen MR) is 163 cm³/mol. The molecule has 0 saturated heterocycles. The van der Waals surface area contributed by atoms with Gasteiger partial charge in [-0.05, 0) is 60.4 Å². The second-order valence-corrected chi connectivity index (χ2v) is 13.0. The lowest BCUT2D eigenvalue weighted by atomic mass is 10.0. The quantitative estimate of drug-likeness (QED) is 0.276. The molecule has 0 aliphatic carbocycles. The molecule has 0 saturated carbocycles. The number of carbonyl (C=O) groups excluding carboxylic acids is 2. The van der Waals surface area contributed by atoms with Crippen molar-refractivity contribution in [3.8, 4) is 0 Å². The number of benzene rings is 3. The van der Waals surface area contributed by atoms with Crippen LogP contribution in [0.25, 0.3) is 0 Å². The zero-order chi connectivity index (χ0) is 28.6. The van der Waals surface area contributed by atoms with Crippen LogP contribution in [0, 0.1) is 6.92 Å². The first-order valence-corrected chi connectivity index (χ1v) is 16.0. The third-order valence-electron chi connectivity index (χ3n) is 6.20. The summed E-state index contributed by atoms with van der Waals surface area (Å²) < 4.78 is 28.6. The number of nitrogens with one attached hydrogen (secondary N) is 1. The molecule has 0 spiro atoms. The van der Waals surface area contributed by atoms with Gasteiger partial charge >= 0.3 is 0 Å². The Morgan fingerprint density at radius 1 is 0.949 bits per heavy atom. The number of hydrogen-bond acceptors (Lipinski definition) is 4. The molecule has 10 heteroatoms. The van der Waals surface area contributed by atoms with Gasteiger partial charge in [0.05, 0.1) is 11.9 Å². The summed E-state index contributed by atoms with van der Waals surface area (Å²) in [4.78, 5) is 29.0. The van der Waals surface area contributed by atoms with Gasteiger partial charge in [-0.15, -0.1) is 0 Å². The molecule has 0 radical (unpaired) electrons. The highest BCUT2D eigenvalue weighted by atomic mass is 79.9. The minimum Gasteiger partial charge on any atom is -0.354 e. The molecule has 3 rings (SSSR count). The van der Waals surface area contributed by atoms with Crippen LogP contribution >= 0.6 is 31.9 Å². The monoisotopic (exact) mass is 677 g/mol. The molecule has 0 unspecified atom stereocenters. The van der Waals surface area contributed by atoms with Crippen molar-refractivity contribution in [3.05, 3.63) is 98.4 Å². The van der Waals surface area contributed by atoms with Crippen LogP contribution in [0.4, 0.5) is 5.69 Å². The molecule has 1 N–H and O–H groups in total. The first-order chi connectivity index (χ1) is 18.5. The van der Waals surface area contributed by atoms with Crippen molar-refractivity contribution >= 4 is 59.4 Å². The van der Waals surface area contributed by atoms with Gasteiger partial charge in [-0.25, -0.2) is 8.42 Å². The van der Waals surface area contributed by atoms with Crippen molar-refractivity contribution in [3.63, 3.8) is 0 Å². The molecule has 0 aliphatic rings. The van der Waals surface area contributed by atoms with E-state index < -0.39 is 28.5 Å². The molecule has 0 heterocycles. The third-order valence-corrected chi connectivity index (χ3v) is 8.75. The van der Waals surface area contributed by atoms with E-state index in [1.807, 2.05) is 68.4 Å².